The van der Waals surface area contributed by atoms with Crippen molar-refractivity contribution in [2.45, 2.75) is 11.8 Å². The molecule has 0 atom stereocenters. The van der Waals surface area contributed by atoms with Crippen LogP contribution in [-0.4, -0.2) is 13.4 Å². The number of sulfonamides is 1. The monoisotopic (exact) mass is 297 g/mol. The fourth-order valence-corrected chi connectivity index (χ4v) is 2.68. The van der Waals surface area contributed by atoms with E-state index < -0.39 is 10.0 Å². The average Bonchev–Trinajstić information content (AvgIpc) is 2.35. The normalized spacial score (nSPS) is 11.3. The van der Waals surface area contributed by atoms with E-state index in [9.17, 15) is 8.42 Å². The third-order valence-electron chi connectivity index (χ3n) is 2.43. The highest BCUT2D eigenvalue weighted by Gasteiger charge is 2.15. The van der Waals surface area contributed by atoms with Crippen LogP contribution in [0.1, 0.15) is 5.56 Å². The van der Waals surface area contributed by atoms with Crippen LogP contribution in [0.5, 0.6) is 0 Å². The van der Waals surface area contributed by atoms with Crippen molar-refractivity contribution in [1.29, 1.82) is 0 Å². The lowest BCUT2D eigenvalue weighted by Gasteiger charge is -2.08. The molecule has 1 aromatic heterocycles. The molecule has 3 N–H and O–H groups in total. The molecule has 5 nitrogen and oxygen atoms in total. The maximum absolute atomic E-state index is 12.1. The van der Waals surface area contributed by atoms with Crippen molar-refractivity contribution < 1.29 is 8.42 Å². The molecule has 0 spiro atoms. The van der Waals surface area contributed by atoms with Crippen molar-refractivity contribution in [3.8, 4) is 0 Å². The summed E-state index contributed by atoms with van der Waals surface area (Å²) in [4.78, 5) is 4.02. The fourth-order valence-electron chi connectivity index (χ4n) is 1.40. The van der Waals surface area contributed by atoms with Gasteiger partial charge in [-0.25, -0.2) is 13.4 Å². The molecule has 2 rings (SSSR count). The molecule has 19 heavy (non-hydrogen) atoms. The molecular weight excluding hydrogens is 286 g/mol. The largest absolute Gasteiger partial charge is 0.398 e. The first-order chi connectivity index (χ1) is 8.88. The van der Waals surface area contributed by atoms with E-state index in [1.807, 2.05) is 6.92 Å². The van der Waals surface area contributed by atoms with Gasteiger partial charge in [-0.15, -0.1) is 0 Å². The Balaban J connectivity index is 2.32. The number of rotatable bonds is 3. The number of anilines is 2. The first-order valence-corrected chi connectivity index (χ1v) is 7.25. The molecule has 0 amide bonds. The summed E-state index contributed by atoms with van der Waals surface area (Å²) >= 11 is 5.81. The molecule has 0 unspecified atom stereocenters. The summed E-state index contributed by atoms with van der Waals surface area (Å²) in [5.41, 5.74) is 6.81. The lowest BCUT2D eigenvalue weighted by Crippen LogP contribution is -2.14. The van der Waals surface area contributed by atoms with Gasteiger partial charge in [-0.1, -0.05) is 17.7 Å². The van der Waals surface area contributed by atoms with E-state index in [0.717, 1.165) is 5.56 Å². The van der Waals surface area contributed by atoms with Gasteiger partial charge in [-0.2, -0.15) is 0 Å². The summed E-state index contributed by atoms with van der Waals surface area (Å²) in [5, 5.41) is 0.194. The summed E-state index contributed by atoms with van der Waals surface area (Å²) in [5.74, 6) is 0.249. The Morgan fingerprint density at radius 2 is 2.00 bits per heavy atom. The number of nitrogen functional groups attached to an aromatic ring is 1. The second-order valence-electron chi connectivity index (χ2n) is 4.01. The van der Waals surface area contributed by atoms with Crippen LogP contribution in [0, 0.1) is 6.92 Å². The van der Waals surface area contributed by atoms with Gasteiger partial charge in [-0.05, 0) is 36.8 Å². The van der Waals surface area contributed by atoms with E-state index in [0.29, 0.717) is 5.69 Å². The maximum atomic E-state index is 12.1. The quantitative estimate of drug-likeness (QED) is 0.852. The van der Waals surface area contributed by atoms with Crippen molar-refractivity contribution in [2.24, 2.45) is 0 Å². The van der Waals surface area contributed by atoms with Gasteiger partial charge in [0, 0.05) is 6.20 Å². The van der Waals surface area contributed by atoms with Crippen LogP contribution in [0.2, 0.25) is 5.02 Å². The van der Waals surface area contributed by atoms with Crippen LogP contribution in [0.4, 0.5) is 11.5 Å². The molecule has 1 heterocycles. The van der Waals surface area contributed by atoms with E-state index in [-0.39, 0.29) is 15.7 Å². The number of aromatic nitrogens is 1. The fraction of sp³-hybridized carbons (Fsp3) is 0.0833. The van der Waals surface area contributed by atoms with Crippen molar-refractivity contribution in [1.82, 2.24) is 4.98 Å². The molecule has 7 heteroatoms. The van der Waals surface area contributed by atoms with Gasteiger partial charge < -0.3 is 5.73 Å². The van der Waals surface area contributed by atoms with Crippen molar-refractivity contribution in [3.63, 3.8) is 0 Å². The third kappa shape index (κ3) is 3.15. The zero-order valence-corrected chi connectivity index (χ0v) is 11.7. The SMILES string of the molecule is Cc1ccc(NS(=O)(=O)c2ccc(N)c(Cl)c2)nc1. The lowest BCUT2D eigenvalue weighted by atomic mass is 10.3. The Kier molecular flexibility index (Phi) is 3.64. The lowest BCUT2D eigenvalue weighted by molar-refractivity contribution is 0.601. The highest BCUT2D eigenvalue weighted by atomic mass is 35.5. The summed E-state index contributed by atoms with van der Waals surface area (Å²) in [6.45, 7) is 1.87. The summed E-state index contributed by atoms with van der Waals surface area (Å²) in [7, 11) is -3.72. The number of aryl methyl sites for hydroxylation is 1. The van der Waals surface area contributed by atoms with Gasteiger partial charge in [0.2, 0.25) is 0 Å². The van der Waals surface area contributed by atoms with Gasteiger partial charge in [0.05, 0.1) is 15.6 Å². The van der Waals surface area contributed by atoms with Crippen LogP contribution in [0.15, 0.2) is 41.4 Å². The summed E-state index contributed by atoms with van der Waals surface area (Å²) in [6, 6.07) is 7.48. The molecule has 0 aliphatic heterocycles. The van der Waals surface area contributed by atoms with Crippen molar-refractivity contribution in [2.75, 3.05) is 10.5 Å². The van der Waals surface area contributed by atoms with E-state index in [1.165, 1.54) is 18.2 Å². The number of hydrogen-bond acceptors (Lipinski definition) is 4. The van der Waals surface area contributed by atoms with Crippen LogP contribution < -0.4 is 10.5 Å². The Hall–Kier alpha value is -1.79. The van der Waals surface area contributed by atoms with E-state index >= 15 is 0 Å². The van der Waals surface area contributed by atoms with Crippen molar-refractivity contribution >= 4 is 33.1 Å². The van der Waals surface area contributed by atoms with Gasteiger partial charge in [0.25, 0.3) is 10.0 Å². The van der Waals surface area contributed by atoms with Crippen LogP contribution >= 0.6 is 11.6 Å². The number of pyridine rings is 1. The van der Waals surface area contributed by atoms with E-state index in [4.69, 9.17) is 17.3 Å². The number of nitrogens with zero attached hydrogens (tertiary/aromatic N) is 1. The van der Waals surface area contributed by atoms with Crippen molar-refractivity contribution in [3.05, 3.63) is 47.1 Å². The average molecular weight is 298 g/mol. The maximum Gasteiger partial charge on any atom is 0.263 e. The number of hydrogen-bond donors (Lipinski definition) is 2. The Bertz CT molecular complexity index is 699. The minimum Gasteiger partial charge on any atom is -0.398 e. The molecule has 0 saturated carbocycles. The highest BCUT2D eigenvalue weighted by molar-refractivity contribution is 7.92. The zero-order chi connectivity index (χ0) is 14.0. The van der Waals surface area contributed by atoms with Gasteiger partial charge in [0.1, 0.15) is 5.82 Å². The number of nitrogens with one attached hydrogen (secondary N) is 1. The Morgan fingerprint density at radius 1 is 1.26 bits per heavy atom. The molecule has 0 saturated heterocycles. The molecule has 0 radical (unpaired) electrons. The van der Waals surface area contributed by atoms with E-state index in [1.54, 1.807) is 18.3 Å². The highest BCUT2D eigenvalue weighted by Crippen LogP contribution is 2.23. The zero-order valence-electron chi connectivity index (χ0n) is 10.1. The second-order valence-corrected chi connectivity index (χ2v) is 6.10. The van der Waals surface area contributed by atoms with Crippen LogP contribution in [-0.2, 0) is 10.0 Å². The topological polar surface area (TPSA) is 85.1 Å². The van der Waals surface area contributed by atoms with Gasteiger partial charge in [0.15, 0.2) is 0 Å². The minimum atomic E-state index is -3.72. The summed E-state index contributed by atoms with van der Waals surface area (Å²) < 4.78 is 26.6. The smallest absolute Gasteiger partial charge is 0.263 e. The Morgan fingerprint density at radius 3 is 2.58 bits per heavy atom. The van der Waals surface area contributed by atoms with Gasteiger partial charge >= 0.3 is 0 Å². The van der Waals surface area contributed by atoms with Gasteiger partial charge in [-0.3, -0.25) is 4.72 Å². The Labute approximate surface area is 116 Å². The van der Waals surface area contributed by atoms with Crippen LogP contribution in [0.3, 0.4) is 0 Å². The number of halogens is 1. The molecule has 100 valence electrons. The predicted octanol–water partition coefficient (Wildman–Crippen LogP) is 2.43. The summed E-state index contributed by atoms with van der Waals surface area (Å²) in [6.07, 6.45) is 1.58. The molecule has 0 bridgehead atoms. The number of nitrogens with two attached hydrogens (primary N) is 1. The molecule has 0 aliphatic carbocycles. The van der Waals surface area contributed by atoms with E-state index in [2.05, 4.69) is 9.71 Å². The first-order valence-electron chi connectivity index (χ1n) is 5.39. The third-order valence-corrected chi connectivity index (χ3v) is 4.11. The molecule has 1 aromatic carbocycles. The first kappa shape index (κ1) is 13.6. The molecular formula is C12H12ClN3O2S. The second kappa shape index (κ2) is 5.07. The molecule has 0 fully saturated rings. The molecule has 2 aromatic rings. The molecule has 0 aliphatic rings. The van der Waals surface area contributed by atoms with Crippen LogP contribution in [0.25, 0.3) is 0 Å². The standard InChI is InChI=1S/C12H12ClN3O2S/c1-8-2-5-12(15-7-8)16-19(17,18)9-3-4-11(14)10(13)6-9/h2-7H,14H2,1H3,(H,15,16). The minimum absolute atomic E-state index is 0.0362. The predicted molar refractivity (Wildman–Crippen MR) is 75.6 cm³/mol. The number of benzene rings is 1.